The molecule has 5 heteroatoms. The van der Waals surface area contributed by atoms with E-state index >= 15 is 0 Å². The van der Waals surface area contributed by atoms with Crippen LogP contribution >= 0.6 is 0 Å². The van der Waals surface area contributed by atoms with Gasteiger partial charge in [-0.05, 0) is 38.5 Å². The van der Waals surface area contributed by atoms with E-state index in [2.05, 4.69) is 0 Å². The van der Waals surface area contributed by atoms with Crippen LogP contribution in [-0.4, -0.2) is 36.2 Å². The zero-order valence-corrected chi connectivity index (χ0v) is 12.9. The lowest BCUT2D eigenvalue weighted by Crippen LogP contribution is -2.37. The molecule has 0 unspecified atom stereocenters. The second kappa shape index (κ2) is 5.76. The molecule has 1 aliphatic heterocycles. The summed E-state index contributed by atoms with van der Waals surface area (Å²) < 4.78 is 10.4. The zero-order valence-electron chi connectivity index (χ0n) is 12.9. The van der Waals surface area contributed by atoms with E-state index in [4.69, 9.17) is 9.47 Å². The van der Waals surface area contributed by atoms with Crippen molar-refractivity contribution in [1.82, 2.24) is 4.90 Å². The topological polar surface area (TPSA) is 55.8 Å². The van der Waals surface area contributed by atoms with Crippen molar-refractivity contribution >= 4 is 12.0 Å². The van der Waals surface area contributed by atoms with E-state index in [1.807, 2.05) is 24.3 Å². The Kier molecular flexibility index (Phi) is 4.21. The summed E-state index contributed by atoms with van der Waals surface area (Å²) in [7, 11) is 1.61. The van der Waals surface area contributed by atoms with E-state index in [0.717, 1.165) is 11.3 Å². The molecule has 1 fully saturated rings. The van der Waals surface area contributed by atoms with Crippen LogP contribution in [0.2, 0.25) is 0 Å². The minimum atomic E-state index is -0.602. The molecule has 1 saturated heterocycles. The molecule has 2 amide bonds. The number of imide groups is 1. The van der Waals surface area contributed by atoms with Gasteiger partial charge in [-0.15, -0.1) is 0 Å². The monoisotopic (exact) mass is 291 g/mol. The van der Waals surface area contributed by atoms with Crippen LogP contribution in [0.4, 0.5) is 4.79 Å². The fourth-order valence-corrected chi connectivity index (χ4v) is 2.30. The summed E-state index contributed by atoms with van der Waals surface area (Å²) >= 11 is 0. The second-order valence-electron chi connectivity index (χ2n) is 6.16. The van der Waals surface area contributed by atoms with Crippen molar-refractivity contribution in [2.45, 2.75) is 38.7 Å². The SMILES string of the molecule is COc1ccc([C@H]2CC(=O)N(C(=O)OC(C)(C)C)C2)cc1. The van der Waals surface area contributed by atoms with Crippen LogP contribution in [0, 0.1) is 0 Å². The fourth-order valence-electron chi connectivity index (χ4n) is 2.30. The highest BCUT2D eigenvalue weighted by Crippen LogP contribution is 2.30. The van der Waals surface area contributed by atoms with Gasteiger partial charge >= 0.3 is 6.09 Å². The Morgan fingerprint density at radius 2 is 1.86 bits per heavy atom. The van der Waals surface area contributed by atoms with Gasteiger partial charge in [0.05, 0.1) is 7.11 Å². The van der Waals surface area contributed by atoms with Crippen molar-refractivity contribution in [1.29, 1.82) is 0 Å². The highest BCUT2D eigenvalue weighted by atomic mass is 16.6. The smallest absolute Gasteiger partial charge is 0.417 e. The van der Waals surface area contributed by atoms with Crippen molar-refractivity contribution < 1.29 is 19.1 Å². The van der Waals surface area contributed by atoms with Gasteiger partial charge < -0.3 is 9.47 Å². The summed E-state index contributed by atoms with van der Waals surface area (Å²) in [6.45, 7) is 5.71. The van der Waals surface area contributed by atoms with Crippen LogP contribution < -0.4 is 4.74 Å². The van der Waals surface area contributed by atoms with Gasteiger partial charge in [0.1, 0.15) is 11.4 Å². The molecule has 2 rings (SSSR count). The number of nitrogens with zero attached hydrogens (tertiary/aromatic N) is 1. The molecule has 0 radical (unpaired) electrons. The minimum absolute atomic E-state index is 0.0101. The Bertz CT molecular complexity index is 530. The van der Waals surface area contributed by atoms with Gasteiger partial charge in [0.15, 0.2) is 0 Å². The number of ether oxygens (including phenoxy) is 2. The first-order chi connectivity index (χ1) is 9.80. The van der Waals surface area contributed by atoms with Gasteiger partial charge in [0, 0.05) is 18.9 Å². The molecular formula is C16H21NO4. The van der Waals surface area contributed by atoms with Gasteiger partial charge in [0.25, 0.3) is 0 Å². The third-order valence-electron chi connectivity index (χ3n) is 3.33. The van der Waals surface area contributed by atoms with Crippen molar-refractivity contribution in [2.75, 3.05) is 13.7 Å². The first-order valence-corrected chi connectivity index (χ1v) is 6.97. The van der Waals surface area contributed by atoms with Gasteiger partial charge in [0.2, 0.25) is 5.91 Å². The number of amides is 2. The molecule has 5 nitrogen and oxygen atoms in total. The van der Waals surface area contributed by atoms with E-state index < -0.39 is 11.7 Å². The molecule has 114 valence electrons. The largest absolute Gasteiger partial charge is 0.497 e. The predicted molar refractivity (Wildman–Crippen MR) is 78.3 cm³/mol. The molecule has 1 aromatic rings. The van der Waals surface area contributed by atoms with E-state index in [-0.39, 0.29) is 11.8 Å². The zero-order chi connectivity index (χ0) is 15.6. The Hall–Kier alpha value is -2.04. The lowest BCUT2D eigenvalue weighted by atomic mass is 9.98. The van der Waals surface area contributed by atoms with Crippen LogP contribution in [0.3, 0.4) is 0 Å². The number of hydrogen-bond donors (Lipinski definition) is 0. The van der Waals surface area contributed by atoms with Crippen molar-refractivity contribution in [2.24, 2.45) is 0 Å². The molecule has 0 bridgehead atoms. The number of likely N-dealkylation sites (tertiary alicyclic amines) is 1. The molecule has 0 N–H and O–H groups in total. The quantitative estimate of drug-likeness (QED) is 0.840. The summed E-state index contributed by atoms with van der Waals surface area (Å²) in [6, 6.07) is 7.57. The number of methoxy groups -OCH3 is 1. The van der Waals surface area contributed by atoms with Gasteiger partial charge in [-0.3, -0.25) is 4.79 Å². The number of hydrogen-bond acceptors (Lipinski definition) is 4. The molecule has 1 atom stereocenters. The van der Waals surface area contributed by atoms with Crippen molar-refractivity contribution in [3.63, 3.8) is 0 Å². The highest BCUT2D eigenvalue weighted by Gasteiger charge is 2.37. The Labute approximate surface area is 124 Å². The van der Waals surface area contributed by atoms with E-state index in [1.54, 1.807) is 27.9 Å². The molecule has 21 heavy (non-hydrogen) atoms. The van der Waals surface area contributed by atoms with E-state index in [1.165, 1.54) is 4.90 Å². The summed E-state index contributed by atoms with van der Waals surface area (Å²) in [5.41, 5.74) is 0.422. The first-order valence-electron chi connectivity index (χ1n) is 6.97. The molecule has 0 spiro atoms. The molecular weight excluding hydrogens is 270 g/mol. The average molecular weight is 291 g/mol. The number of carbonyl (C=O) groups excluding carboxylic acids is 2. The van der Waals surface area contributed by atoms with Gasteiger partial charge in [-0.2, -0.15) is 0 Å². The average Bonchev–Trinajstić information content (AvgIpc) is 2.79. The maximum atomic E-state index is 12.0. The Balaban J connectivity index is 2.06. The first kappa shape index (κ1) is 15.4. The van der Waals surface area contributed by atoms with Gasteiger partial charge in [-0.25, -0.2) is 9.69 Å². The van der Waals surface area contributed by atoms with Crippen molar-refractivity contribution in [3.8, 4) is 5.75 Å². The van der Waals surface area contributed by atoms with Crippen LogP contribution in [0.1, 0.15) is 38.7 Å². The van der Waals surface area contributed by atoms with Crippen LogP contribution in [0.5, 0.6) is 5.75 Å². The Morgan fingerprint density at radius 1 is 1.24 bits per heavy atom. The van der Waals surface area contributed by atoms with Crippen LogP contribution in [0.25, 0.3) is 0 Å². The minimum Gasteiger partial charge on any atom is -0.497 e. The summed E-state index contributed by atoms with van der Waals surface area (Å²) in [6.07, 6.45) is -0.241. The van der Waals surface area contributed by atoms with Gasteiger partial charge in [-0.1, -0.05) is 12.1 Å². The fraction of sp³-hybridized carbons (Fsp3) is 0.500. The lowest BCUT2D eigenvalue weighted by Gasteiger charge is -2.23. The van der Waals surface area contributed by atoms with E-state index in [0.29, 0.717) is 13.0 Å². The van der Waals surface area contributed by atoms with E-state index in [9.17, 15) is 9.59 Å². The standard InChI is InChI=1S/C16H21NO4/c1-16(2,3)21-15(19)17-10-12(9-14(17)18)11-5-7-13(20-4)8-6-11/h5-8,12H,9-10H2,1-4H3/t12-/m0/s1. The molecule has 1 heterocycles. The predicted octanol–water partition coefficient (Wildman–Crippen LogP) is 2.95. The normalized spacial score (nSPS) is 18.8. The maximum Gasteiger partial charge on any atom is 0.417 e. The van der Waals surface area contributed by atoms with Crippen LogP contribution in [0.15, 0.2) is 24.3 Å². The van der Waals surface area contributed by atoms with Crippen LogP contribution in [-0.2, 0) is 9.53 Å². The summed E-state index contributed by atoms with van der Waals surface area (Å²) in [5.74, 6) is 0.591. The molecule has 0 saturated carbocycles. The molecule has 1 aliphatic rings. The lowest BCUT2D eigenvalue weighted by molar-refractivity contribution is -0.126. The molecule has 1 aromatic carbocycles. The highest BCUT2D eigenvalue weighted by molar-refractivity contribution is 5.94. The summed E-state index contributed by atoms with van der Waals surface area (Å²) in [4.78, 5) is 25.2. The molecule has 0 aromatic heterocycles. The second-order valence-corrected chi connectivity index (χ2v) is 6.16. The van der Waals surface area contributed by atoms with Crippen molar-refractivity contribution in [3.05, 3.63) is 29.8 Å². The number of carbonyl (C=O) groups is 2. The third kappa shape index (κ3) is 3.74. The Morgan fingerprint density at radius 3 is 2.38 bits per heavy atom. The maximum absolute atomic E-state index is 12.0. The third-order valence-corrected chi connectivity index (χ3v) is 3.33. The molecule has 0 aliphatic carbocycles. The summed E-state index contributed by atoms with van der Waals surface area (Å²) in [5, 5.41) is 0. The number of rotatable bonds is 2. The number of benzene rings is 1.